The van der Waals surface area contributed by atoms with Gasteiger partial charge in [-0.15, -0.1) is 11.3 Å². The molecule has 0 aliphatic heterocycles. The lowest BCUT2D eigenvalue weighted by Crippen LogP contribution is -2.30. The fraction of sp³-hybridized carbons (Fsp3) is 0.300. The van der Waals surface area contributed by atoms with E-state index >= 15 is 0 Å². The lowest BCUT2D eigenvalue weighted by molar-refractivity contribution is -0.123. The van der Waals surface area contributed by atoms with E-state index in [4.69, 9.17) is 4.74 Å². The van der Waals surface area contributed by atoms with Crippen molar-refractivity contribution < 1.29 is 9.53 Å². The van der Waals surface area contributed by atoms with E-state index in [9.17, 15) is 4.79 Å². The van der Waals surface area contributed by atoms with Crippen molar-refractivity contribution in [1.29, 1.82) is 0 Å². The minimum atomic E-state index is -0.128. The first-order valence-electron chi connectivity index (χ1n) is 8.69. The van der Waals surface area contributed by atoms with Crippen molar-refractivity contribution in [3.63, 3.8) is 0 Å². The van der Waals surface area contributed by atoms with Crippen LogP contribution in [0.4, 0.5) is 0 Å². The predicted octanol–water partition coefficient (Wildman–Crippen LogP) is 4.00. The summed E-state index contributed by atoms with van der Waals surface area (Å²) in [5.74, 6) is 1.02. The van der Waals surface area contributed by atoms with E-state index in [1.165, 1.54) is 5.56 Å². The molecule has 2 N–H and O–H groups in total. The summed E-state index contributed by atoms with van der Waals surface area (Å²) in [5, 5.41) is 4.92. The van der Waals surface area contributed by atoms with E-state index in [-0.39, 0.29) is 12.5 Å². The van der Waals surface area contributed by atoms with Gasteiger partial charge < -0.3 is 15.0 Å². The number of amides is 1. The van der Waals surface area contributed by atoms with Crippen LogP contribution in [0.2, 0.25) is 0 Å². The predicted molar refractivity (Wildman–Crippen MR) is 105 cm³/mol. The number of rotatable bonds is 8. The molecule has 0 radical (unpaired) electrons. The second kappa shape index (κ2) is 8.67. The van der Waals surface area contributed by atoms with Gasteiger partial charge in [-0.2, -0.15) is 0 Å². The van der Waals surface area contributed by atoms with Gasteiger partial charge in [-0.05, 0) is 35.1 Å². The van der Waals surface area contributed by atoms with E-state index in [1.807, 2.05) is 35.7 Å². The average Bonchev–Trinajstić information content (AvgIpc) is 3.31. The highest BCUT2D eigenvalue weighted by molar-refractivity contribution is 7.13. The number of thiophene rings is 1. The van der Waals surface area contributed by atoms with Crippen molar-refractivity contribution in [3.05, 3.63) is 59.4 Å². The second-order valence-corrected chi connectivity index (χ2v) is 7.27. The number of carbonyl (C=O) groups is 1. The highest BCUT2D eigenvalue weighted by Crippen LogP contribution is 2.25. The van der Waals surface area contributed by atoms with Crippen molar-refractivity contribution in [2.75, 3.05) is 13.2 Å². The highest BCUT2D eigenvalue weighted by Gasteiger charge is 2.10. The van der Waals surface area contributed by atoms with Crippen LogP contribution in [-0.4, -0.2) is 29.0 Å². The molecule has 5 nitrogen and oxygen atoms in total. The number of aromatic amines is 1. The van der Waals surface area contributed by atoms with Crippen LogP contribution in [0.1, 0.15) is 31.0 Å². The largest absolute Gasteiger partial charge is 0.484 e. The molecule has 3 aromatic rings. The quantitative estimate of drug-likeness (QED) is 0.631. The van der Waals surface area contributed by atoms with Gasteiger partial charge in [-0.3, -0.25) is 4.79 Å². The monoisotopic (exact) mass is 369 g/mol. The molecule has 0 aliphatic rings. The van der Waals surface area contributed by atoms with Gasteiger partial charge in [0.2, 0.25) is 0 Å². The van der Waals surface area contributed by atoms with Gasteiger partial charge in [0.15, 0.2) is 6.61 Å². The number of ether oxygens (including phenoxy) is 1. The Morgan fingerprint density at radius 1 is 1.31 bits per heavy atom. The Kier molecular flexibility index (Phi) is 6.07. The van der Waals surface area contributed by atoms with E-state index in [0.29, 0.717) is 18.9 Å². The lowest BCUT2D eigenvalue weighted by Gasteiger charge is -2.10. The fourth-order valence-electron chi connectivity index (χ4n) is 2.63. The summed E-state index contributed by atoms with van der Waals surface area (Å²) in [6, 6.07) is 11.9. The minimum Gasteiger partial charge on any atom is -0.484 e. The molecular formula is C20H23N3O2S. The zero-order chi connectivity index (χ0) is 18.4. The molecule has 0 saturated heterocycles. The number of hydrogen-bond donors (Lipinski definition) is 2. The number of aromatic nitrogens is 2. The Hall–Kier alpha value is -2.60. The summed E-state index contributed by atoms with van der Waals surface area (Å²) in [6.45, 7) is 4.81. The Labute approximate surface area is 157 Å². The summed E-state index contributed by atoms with van der Waals surface area (Å²) in [7, 11) is 0. The summed E-state index contributed by atoms with van der Waals surface area (Å²) in [5.41, 5.74) is 3.18. The Morgan fingerprint density at radius 3 is 2.96 bits per heavy atom. The van der Waals surface area contributed by atoms with Crippen LogP contribution in [0.3, 0.4) is 0 Å². The maximum Gasteiger partial charge on any atom is 0.257 e. The number of benzene rings is 1. The van der Waals surface area contributed by atoms with E-state index in [1.54, 1.807) is 17.7 Å². The number of imidazole rings is 1. The van der Waals surface area contributed by atoms with Gasteiger partial charge in [0.1, 0.15) is 11.4 Å². The molecule has 2 heterocycles. The molecule has 0 bridgehead atoms. The van der Waals surface area contributed by atoms with Crippen molar-refractivity contribution in [2.45, 2.75) is 26.2 Å². The summed E-state index contributed by atoms with van der Waals surface area (Å²) in [4.78, 5) is 20.7. The summed E-state index contributed by atoms with van der Waals surface area (Å²) >= 11 is 1.65. The Balaban J connectivity index is 1.45. The molecule has 1 aromatic carbocycles. The summed E-state index contributed by atoms with van der Waals surface area (Å²) in [6.07, 6.45) is 2.39. The maximum atomic E-state index is 12.0. The third-order valence-electron chi connectivity index (χ3n) is 4.06. The van der Waals surface area contributed by atoms with E-state index in [0.717, 1.165) is 22.0 Å². The second-order valence-electron chi connectivity index (χ2n) is 6.32. The minimum absolute atomic E-state index is 0.0162. The summed E-state index contributed by atoms with van der Waals surface area (Å²) < 4.78 is 5.60. The number of carbonyl (C=O) groups excluding carboxylic acids is 1. The van der Waals surface area contributed by atoms with Gasteiger partial charge in [-0.1, -0.05) is 32.0 Å². The zero-order valence-electron chi connectivity index (χ0n) is 15.0. The van der Waals surface area contributed by atoms with Gasteiger partial charge >= 0.3 is 0 Å². The smallest absolute Gasteiger partial charge is 0.257 e. The van der Waals surface area contributed by atoms with Gasteiger partial charge in [0.05, 0.1) is 11.2 Å². The average molecular weight is 369 g/mol. The van der Waals surface area contributed by atoms with Crippen LogP contribution in [0.15, 0.2) is 48.1 Å². The van der Waals surface area contributed by atoms with Crippen molar-refractivity contribution in [3.8, 4) is 16.3 Å². The van der Waals surface area contributed by atoms with Gasteiger partial charge in [0, 0.05) is 18.7 Å². The van der Waals surface area contributed by atoms with Gasteiger partial charge in [-0.25, -0.2) is 4.98 Å². The number of nitrogens with zero attached hydrogens (tertiary/aromatic N) is 1. The Morgan fingerprint density at radius 2 is 2.19 bits per heavy atom. The zero-order valence-corrected chi connectivity index (χ0v) is 15.8. The van der Waals surface area contributed by atoms with E-state index in [2.05, 4.69) is 35.2 Å². The molecule has 3 rings (SSSR count). The molecule has 2 aromatic heterocycles. The molecule has 6 heteroatoms. The molecule has 0 aliphatic carbocycles. The lowest BCUT2D eigenvalue weighted by atomic mass is 10.0. The van der Waals surface area contributed by atoms with Gasteiger partial charge in [0.25, 0.3) is 5.91 Å². The van der Waals surface area contributed by atoms with Crippen LogP contribution in [0, 0.1) is 0 Å². The number of hydrogen-bond acceptors (Lipinski definition) is 4. The molecular weight excluding hydrogens is 346 g/mol. The van der Waals surface area contributed by atoms with Crippen molar-refractivity contribution in [1.82, 2.24) is 15.3 Å². The molecule has 136 valence electrons. The molecule has 1 amide bonds. The first-order valence-corrected chi connectivity index (χ1v) is 9.57. The van der Waals surface area contributed by atoms with E-state index < -0.39 is 0 Å². The number of nitrogens with one attached hydrogen (secondary N) is 2. The van der Waals surface area contributed by atoms with Crippen LogP contribution in [0.25, 0.3) is 10.6 Å². The normalized spacial score (nSPS) is 10.9. The molecule has 0 fully saturated rings. The molecule has 0 atom stereocenters. The third kappa shape index (κ3) is 4.73. The fourth-order valence-corrected chi connectivity index (χ4v) is 3.38. The van der Waals surface area contributed by atoms with Crippen molar-refractivity contribution in [2.24, 2.45) is 0 Å². The SMILES string of the molecule is CC(C)c1cccc(OCC(=O)NCCc2[nH]cnc2-c2cccs2)c1. The van der Waals surface area contributed by atoms with Crippen LogP contribution in [0.5, 0.6) is 5.75 Å². The molecule has 0 spiro atoms. The standard InChI is InChI=1S/C20H23N3O2S/c1-14(2)15-5-3-6-16(11-15)25-12-19(24)21-9-8-17-20(23-13-22-17)18-7-4-10-26-18/h3-7,10-11,13-14H,8-9,12H2,1-2H3,(H,21,24)(H,22,23). The van der Waals surface area contributed by atoms with Crippen LogP contribution in [-0.2, 0) is 11.2 Å². The van der Waals surface area contributed by atoms with Crippen LogP contribution >= 0.6 is 11.3 Å². The third-order valence-corrected chi connectivity index (χ3v) is 4.94. The number of H-pyrrole nitrogens is 1. The Bertz CT molecular complexity index is 840. The molecule has 26 heavy (non-hydrogen) atoms. The first kappa shape index (κ1) is 18.2. The highest BCUT2D eigenvalue weighted by atomic mass is 32.1. The first-order chi connectivity index (χ1) is 12.6. The van der Waals surface area contributed by atoms with Crippen LogP contribution < -0.4 is 10.1 Å². The molecule has 0 unspecified atom stereocenters. The maximum absolute atomic E-state index is 12.0. The molecule has 0 saturated carbocycles. The topological polar surface area (TPSA) is 67.0 Å². The van der Waals surface area contributed by atoms with Crippen molar-refractivity contribution >= 4 is 17.2 Å².